The van der Waals surface area contributed by atoms with Gasteiger partial charge in [-0.25, -0.2) is 0 Å². The number of nitrogens with zero attached hydrogens (tertiary/aromatic N) is 3. The number of carbonyl (C=O) groups is 3. The normalized spacial score (nSPS) is 31.1. The Morgan fingerprint density at radius 3 is 2.35 bits per heavy atom. The van der Waals surface area contributed by atoms with E-state index in [1.807, 2.05) is 38.1 Å². The van der Waals surface area contributed by atoms with Crippen molar-refractivity contribution in [2.75, 3.05) is 20.1 Å². The van der Waals surface area contributed by atoms with E-state index < -0.39 is 34.1 Å². The standard InChI is InChI=1S/C23H31IN4O5S/c1-13-14(2)20(13)23(31)28-18-9-10-27(21(18)15(3)22(28)30)34(32,33)26(4)12-19(29)25-11-16-5-7-17(24)8-6-16/h5-8,13-15,18,20-21H,9-12H2,1-4H3,(H,25,29)/t13-,14+,15-,18-,20?,21+/m0/s1. The number of likely N-dealkylation sites (tertiary alicyclic amines) is 1. The largest absolute Gasteiger partial charge is 0.351 e. The Balaban J connectivity index is 1.41. The summed E-state index contributed by atoms with van der Waals surface area (Å²) in [5, 5.41) is 2.75. The number of nitrogens with one attached hydrogen (secondary N) is 1. The molecule has 3 aliphatic rings. The highest BCUT2D eigenvalue weighted by Crippen LogP contribution is 2.49. The van der Waals surface area contributed by atoms with Crippen LogP contribution < -0.4 is 5.32 Å². The molecule has 2 heterocycles. The van der Waals surface area contributed by atoms with Gasteiger partial charge in [-0.15, -0.1) is 0 Å². The number of carbonyl (C=O) groups excluding carboxylic acids is 3. The molecule has 1 aromatic rings. The Morgan fingerprint density at radius 1 is 1.15 bits per heavy atom. The molecule has 3 amide bonds. The fourth-order valence-corrected chi connectivity index (χ4v) is 7.27. The van der Waals surface area contributed by atoms with E-state index in [4.69, 9.17) is 0 Å². The lowest BCUT2D eigenvalue weighted by atomic mass is 10.0. The molecule has 1 aromatic carbocycles. The second-order valence-electron chi connectivity index (χ2n) is 9.70. The molecule has 9 nitrogen and oxygen atoms in total. The van der Waals surface area contributed by atoms with Crippen molar-refractivity contribution in [2.45, 2.75) is 45.8 Å². The lowest BCUT2D eigenvalue weighted by Crippen LogP contribution is -2.50. The molecule has 2 saturated heterocycles. The molecule has 34 heavy (non-hydrogen) atoms. The Hall–Kier alpha value is -1.57. The summed E-state index contributed by atoms with van der Waals surface area (Å²) in [7, 11) is -2.63. The molecule has 2 aliphatic heterocycles. The summed E-state index contributed by atoms with van der Waals surface area (Å²) in [6, 6.07) is 6.62. The van der Waals surface area contributed by atoms with E-state index in [1.165, 1.54) is 16.3 Å². The van der Waals surface area contributed by atoms with E-state index in [0.29, 0.717) is 13.0 Å². The molecule has 11 heteroatoms. The average molecular weight is 602 g/mol. The lowest BCUT2D eigenvalue weighted by molar-refractivity contribution is -0.146. The van der Waals surface area contributed by atoms with Gasteiger partial charge in [0.15, 0.2) is 0 Å². The van der Waals surface area contributed by atoms with E-state index in [9.17, 15) is 22.8 Å². The number of hydrogen-bond acceptors (Lipinski definition) is 5. The van der Waals surface area contributed by atoms with Gasteiger partial charge in [-0.05, 0) is 58.5 Å². The fraction of sp³-hybridized carbons (Fsp3) is 0.609. The first-order valence-corrected chi connectivity index (χ1v) is 14.0. The van der Waals surface area contributed by atoms with Crippen molar-refractivity contribution in [2.24, 2.45) is 23.7 Å². The van der Waals surface area contributed by atoms with E-state index in [1.54, 1.807) is 6.92 Å². The Labute approximate surface area is 214 Å². The average Bonchev–Trinajstić information content (AvgIpc) is 3.10. The number of imide groups is 1. The van der Waals surface area contributed by atoms with Crippen molar-refractivity contribution in [3.63, 3.8) is 0 Å². The summed E-state index contributed by atoms with van der Waals surface area (Å²) in [5.41, 5.74) is 0.920. The molecule has 6 atom stereocenters. The van der Waals surface area contributed by atoms with Gasteiger partial charge < -0.3 is 5.32 Å². The number of likely N-dealkylation sites (N-methyl/N-ethyl adjacent to an activating group) is 1. The number of amides is 3. The van der Waals surface area contributed by atoms with Gasteiger partial charge in [-0.2, -0.15) is 17.0 Å². The number of hydrogen-bond donors (Lipinski definition) is 1. The van der Waals surface area contributed by atoms with Crippen LogP contribution in [0.1, 0.15) is 32.8 Å². The summed E-state index contributed by atoms with van der Waals surface area (Å²) in [4.78, 5) is 39.8. The molecule has 1 aliphatic carbocycles. The molecule has 0 spiro atoms. The van der Waals surface area contributed by atoms with Crippen LogP contribution in [-0.2, 0) is 31.1 Å². The third kappa shape index (κ3) is 4.51. The van der Waals surface area contributed by atoms with Crippen molar-refractivity contribution in [3.8, 4) is 0 Å². The molecule has 0 aromatic heterocycles. The number of fused-ring (bicyclic) bond motifs is 1. The van der Waals surface area contributed by atoms with Crippen molar-refractivity contribution < 1.29 is 22.8 Å². The molecule has 186 valence electrons. The second-order valence-corrected chi connectivity index (χ2v) is 12.9. The molecule has 4 rings (SSSR count). The predicted molar refractivity (Wildman–Crippen MR) is 134 cm³/mol. The fourth-order valence-electron chi connectivity index (χ4n) is 5.30. The smallest absolute Gasteiger partial charge is 0.282 e. The lowest BCUT2D eigenvalue weighted by Gasteiger charge is -2.29. The zero-order valence-corrected chi connectivity index (χ0v) is 22.7. The molecule has 0 radical (unpaired) electrons. The van der Waals surface area contributed by atoms with Crippen LogP contribution in [0.25, 0.3) is 0 Å². The van der Waals surface area contributed by atoms with Crippen molar-refractivity contribution in [1.29, 1.82) is 0 Å². The minimum Gasteiger partial charge on any atom is -0.351 e. The van der Waals surface area contributed by atoms with Gasteiger partial charge in [-0.3, -0.25) is 19.3 Å². The Kier molecular flexibility index (Phi) is 7.11. The van der Waals surface area contributed by atoms with Crippen LogP contribution in [0.5, 0.6) is 0 Å². The topological polar surface area (TPSA) is 107 Å². The van der Waals surface area contributed by atoms with Gasteiger partial charge in [0.2, 0.25) is 17.7 Å². The summed E-state index contributed by atoms with van der Waals surface area (Å²) in [6.45, 7) is 5.87. The van der Waals surface area contributed by atoms with Crippen molar-refractivity contribution >= 4 is 50.5 Å². The summed E-state index contributed by atoms with van der Waals surface area (Å²) < 4.78 is 30.1. The minimum absolute atomic E-state index is 0.167. The van der Waals surface area contributed by atoms with Crippen LogP contribution in [0.4, 0.5) is 0 Å². The number of halogens is 1. The molecule has 3 fully saturated rings. The highest BCUT2D eigenvalue weighted by atomic mass is 127. The molecular weight excluding hydrogens is 571 g/mol. The van der Waals surface area contributed by atoms with E-state index in [0.717, 1.165) is 13.4 Å². The van der Waals surface area contributed by atoms with Crippen LogP contribution in [-0.4, -0.2) is 71.9 Å². The van der Waals surface area contributed by atoms with E-state index in [2.05, 4.69) is 27.9 Å². The molecule has 1 saturated carbocycles. The highest BCUT2D eigenvalue weighted by Gasteiger charge is 2.60. The van der Waals surface area contributed by atoms with Crippen LogP contribution in [0, 0.1) is 27.2 Å². The zero-order chi connectivity index (χ0) is 24.9. The maximum atomic E-state index is 13.4. The van der Waals surface area contributed by atoms with E-state index >= 15 is 0 Å². The number of benzene rings is 1. The molecule has 1 N–H and O–H groups in total. The minimum atomic E-state index is -3.99. The van der Waals surface area contributed by atoms with Crippen LogP contribution in [0.15, 0.2) is 24.3 Å². The van der Waals surface area contributed by atoms with Gasteiger partial charge in [0, 0.05) is 29.6 Å². The second kappa shape index (κ2) is 9.47. The number of rotatable bonds is 7. The first-order chi connectivity index (χ1) is 15.9. The zero-order valence-electron chi connectivity index (χ0n) is 19.8. The maximum absolute atomic E-state index is 13.4. The van der Waals surface area contributed by atoms with Gasteiger partial charge in [0.1, 0.15) is 0 Å². The van der Waals surface area contributed by atoms with Crippen LogP contribution in [0.2, 0.25) is 0 Å². The van der Waals surface area contributed by atoms with Gasteiger partial charge in [0.25, 0.3) is 10.2 Å². The summed E-state index contributed by atoms with van der Waals surface area (Å²) in [5.74, 6) is -1.20. The molecule has 1 unspecified atom stereocenters. The quantitative estimate of drug-likeness (QED) is 0.376. The van der Waals surface area contributed by atoms with Gasteiger partial charge in [-0.1, -0.05) is 32.9 Å². The first kappa shape index (κ1) is 25.5. The first-order valence-electron chi connectivity index (χ1n) is 11.6. The monoisotopic (exact) mass is 602 g/mol. The highest BCUT2D eigenvalue weighted by molar-refractivity contribution is 14.1. The molecule has 0 bridgehead atoms. The van der Waals surface area contributed by atoms with Crippen LogP contribution in [0.3, 0.4) is 0 Å². The van der Waals surface area contributed by atoms with Gasteiger partial charge >= 0.3 is 0 Å². The van der Waals surface area contributed by atoms with Crippen molar-refractivity contribution in [3.05, 3.63) is 33.4 Å². The Morgan fingerprint density at radius 2 is 1.76 bits per heavy atom. The SMILES string of the molecule is C[C@@H]1C(=O)N(C(=O)C2[C@@H](C)[C@H]2C)[C@H]2CCN(S(=O)(=O)N(C)CC(=O)NCc3ccc(I)cc3)[C@H]12. The maximum Gasteiger partial charge on any atom is 0.282 e. The third-order valence-corrected chi connectivity index (χ3v) is 10.3. The summed E-state index contributed by atoms with van der Waals surface area (Å²) in [6.07, 6.45) is 0.411. The van der Waals surface area contributed by atoms with E-state index in [-0.39, 0.29) is 42.7 Å². The third-order valence-electron chi connectivity index (χ3n) is 7.65. The van der Waals surface area contributed by atoms with Gasteiger partial charge in [0.05, 0.1) is 24.5 Å². The molecular formula is C23H31IN4O5S. The van der Waals surface area contributed by atoms with Crippen molar-refractivity contribution in [1.82, 2.24) is 18.8 Å². The Bertz CT molecular complexity index is 1090. The van der Waals surface area contributed by atoms with Crippen LogP contribution >= 0.6 is 22.6 Å². The summed E-state index contributed by atoms with van der Waals surface area (Å²) >= 11 is 2.20. The predicted octanol–water partition coefficient (Wildman–Crippen LogP) is 1.43.